The summed E-state index contributed by atoms with van der Waals surface area (Å²) in [5, 5.41) is 4.92. The molecule has 0 bridgehead atoms. The van der Waals surface area contributed by atoms with Gasteiger partial charge in [0.15, 0.2) is 6.39 Å². The Hall–Kier alpha value is -1.40. The van der Waals surface area contributed by atoms with Crippen LogP contribution in [0.25, 0.3) is 0 Å². The molecule has 0 saturated heterocycles. The second-order valence-electron chi connectivity index (χ2n) is 2.74. The molecule has 2 aromatic heterocycles. The molecule has 0 aromatic carbocycles. The molecular weight excluding hydrogens is 202 g/mol. The van der Waals surface area contributed by atoms with Crippen LogP contribution >= 0.6 is 11.3 Å². The van der Waals surface area contributed by atoms with Crippen LogP contribution in [-0.4, -0.2) is 9.97 Å². The number of aromatic nitrogens is 2. The molecule has 0 unspecified atom stereocenters. The van der Waals surface area contributed by atoms with Gasteiger partial charge in [0.25, 0.3) is 0 Å². The summed E-state index contributed by atoms with van der Waals surface area (Å²) in [4.78, 5) is 17.3. The predicted molar refractivity (Wildman–Crippen MR) is 52.0 cm³/mol. The van der Waals surface area contributed by atoms with Crippen LogP contribution < -0.4 is 10.2 Å². The fourth-order valence-electron chi connectivity index (χ4n) is 1.05. The van der Waals surface area contributed by atoms with Crippen LogP contribution in [0, 0.1) is 0 Å². The molecule has 74 valence electrons. The molecule has 0 atom stereocenters. The zero-order valence-electron chi connectivity index (χ0n) is 7.32. The number of rotatable bonds is 4. The van der Waals surface area contributed by atoms with E-state index in [1.165, 1.54) is 17.7 Å². The minimum absolute atomic E-state index is 0.0264. The summed E-state index contributed by atoms with van der Waals surface area (Å²) in [6.07, 6.45) is 3.05. The summed E-state index contributed by atoms with van der Waals surface area (Å²) in [6.45, 7) is 1.23. The highest BCUT2D eigenvalue weighted by Gasteiger charge is 1.98. The summed E-state index contributed by atoms with van der Waals surface area (Å²) < 4.78 is 5.03. The standard InChI is InChI=1S/C8H9N3O2S/c12-8-11-6(4-14-8)1-9-2-7-3-10-5-13-7/h3-5,9H,1-2H2,(H,11,12). The molecule has 2 heterocycles. The number of nitrogens with one attached hydrogen (secondary N) is 2. The second-order valence-corrected chi connectivity index (χ2v) is 3.59. The fraction of sp³-hybridized carbons (Fsp3) is 0.250. The second kappa shape index (κ2) is 4.21. The van der Waals surface area contributed by atoms with E-state index in [0.717, 1.165) is 11.5 Å². The lowest BCUT2D eigenvalue weighted by atomic mass is 10.4. The van der Waals surface area contributed by atoms with Crippen LogP contribution in [0.15, 0.2) is 27.2 Å². The van der Waals surface area contributed by atoms with Crippen molar-refractivity contribution in [1.82, 2.24) is 15.3 Å². The Bertz CT molecular complexity index is 431. The molecule has 0 aliphatic carbocycles. The first-order chi connectivity index (χ1) is 6.84. The number of hydrogen-bond acceptors (Lipinski definition) is 5. The lowest BCUT2D eigenvalue weighted by Gasteiger charge is -1.98. The van der Waals surface area contributed by atoms with Crippen LogP contribution in [0.5, 0.6) is 0 Å². The average molecular weight is 211 g/mol. The van der Waals surface area contributed by atoms with E-state index in [1.807, 2.05) is 0 Å². The van der Waals surface area contributed by atoms with Gasteiger partial charge in [-0.25, -0.2) is 4.98 Å². The molecule has 2 N–H and O–H groups in total. The van der Waals surface area contributed by atoms with Gasteiger partial charge in [-0.15, -0.1) is 0 Å². The van der Waals surface area contributed by atoms with Gasteiger partial charge in [-0.05, 0) is 0 Å². The molecule has 5 nitrogen and oxygen atoms in total. The summed E-state index contributed by atoms with van der Waals surface area (Å²) in [6, 6.07) is 0. The molecule has 6 heteroatoms. The minimum atomic E-state index is -0.0264. The number of oxazole rings is 1. The molecule has 2 aromatic rings. The van der Waals surface area contributed by atoms with E-state index >= 15 is 0 Å². The van der Waals surface area contributed by atoms with Crippen molar-refractivity contribution in [3.8, 4) is 0 Å². The highest BCUT2D eigenvalue weighted by Crippen LogP contribution is 1.98. The number of nitrogens with zero attached hydrogens (tertiary/aromatic N) is 1. The maximum absolute atomic E-state index is 10.8. The SMILES string of the molecule is O=c1[nH]c(CNCc2cnco2)cs1. The number of thiazole rings is 1. The largest absolute Gasteiger partial charge is 0.447 e. The topological polar surface area (TPSA) is 70.9 Å². The summed E-state index contributed by atoms with van der Waals surface area (Å²) in [5.74, 6) is 0.780. The highest BCUT2D eigenvalue weighted by atomic mass is 32.1. The average Bonchev–Trinajstić information content (AvgIpc) is 2.77. The molecule has 0 amide bonds. The molecule has 0 aliphatic heterocycles. The molecule has 0 spiro atoms. The number of aromatic amines is 1. The van der Waals surface area contributed by atoms with Gasteiger partial charge in [0.2, 0.25) is 0 Å². The normalized spacial score (nSPS) is 10.6. The van der Waals surface area contributed by atoms with Crippen molar-refractivity contribution in [1.29, 1.82) is 0 Å². The summed E-state index contributed by atoms with van der Waals surface area (Å²) in [7, 11) is 0. The predicted octanol–water partition coefficient (Wildman–Crippen LogP) is 0.714. The zero-order chi connectivity index (χ0) is 9.80. The third kappa shape index (κ3) is 2.30. The van der Waals surface area contributed by atoms with Crippen LogP contribution in [-0.2, 0) is 13.1 Å². The third-order valence-corrected chi connectivity index (χ3v) is 2.39. The molecule has 0 fully saturated rings. The van der Waals surface area contributed by atoms with Gasteiger partial charge in [-0.3, -0.25) is 4.79 Å². The Morgan fingerprint density at radius 3 is 3.14 bits per heavy atom. The minimum Gasteiger partial charge on any atom is -0.447 e. The lowest BCUT2D eigenvalue weighted by molar-refractivity contribution is 0.478. The molecule has 0 saturated carbocycles. The molecule has 0 radical (unpaired) electrons. The van der Waals surface area contributed by atoms with Crippen molar-refractivity contribution in [2.24, 2.45) is 0 Å². The van der Waals surface area contributed by atoms with Crippen LogP contribution in [0.3, 0.4) is 0 Å². The highest BCUT2D eigenvalue weighted by molar-refractivity contribution is 7.07. The Kier molecular flexibility index (Phi) is 2.76. The maximum atomic E-state index is 10.8. The van der Waals surface area contributed by atoms with Crippen LogP contribution in [0.4, 0.5) is 0 Å². The van der Waals surface area contributed by atoms with Gasteiger partial charge >= 0.3 is 4.87 Å². The van der Waals surface area contributed by atoms with E-state index in [4.69, 9.17) is 4.42 Å². The number of H-pyrrole nitrogens is 1. The van der Waals surface area contributed by atoms with Gasteiger partial charge in [0.05, 0.1) is 12.7 Å². The Morgan fingerprint density at radius 1 is 1.57 bits per heavy atom. The van der Waals surface area contributed by atoms with Gasteiger partial charge in [-0.2, -0.15) is 0 Å². The quantitative estimate of drug-likeness (QED) is 0.781. The lowest BCUT2D eigenvalue weighted by Crippen LogP contribution is -2.13. The molecule has 0 aliphatic rings. The van der Waals surface area contributed by atoms with Crippen LogP contribution in [0.1, 0.15) is 11.5 Å². The van der Waals surface area contributed by atoms with E-state index in [9.17, 15) is 4.79 Å². The summed E-state index contributed by atoms with van der Waals surface area (Å²) >= 11 is 1.17. The Labute approximate surface area is 83.8 Å². The van der Waals surface area contributed by atoms with E-state index in [2.05, 4.69) is 15.3 Å². The van der Waals surface area contributed by atoms with Gasteiger partial charge in [0.1, 0.15) is 5.76 Å². The van der Waals surface area contributed by atoms with E-state index < -0.39 is 0 Å². The van der Waals surface area contributed by atoms with E-state index in [-0.39, 0.29) is 4.87 Å². The molecule has 14 heavy (non-hydrogen) atoms. The number of hydrogen-bond donors (Lipinski definition) is 2. The van der Waals surface area contributed by atoms with Crippen LogP contribution in [0.2, 0.25) is 0 Å². The molecule has 2 rings (SSSR count). The third-order valence-electron chi connectivity index (χ3n) is 1.67. The van der Waals surface area contributed by atoms with Crippen molar-refractivity contribution >= 4 is 11.3 Å². The van der Waals surface area contributed by atoms with Gasteiger partial charge in [-0.1, -0.05) is 11.3 Å². The van der Waals surface area contributed by atoms with E-state index in [0.29, 0.717) is 13.1 Å². The Morgan fingerprint density at radius 2 is 2.50 bits per heavy atom. The van der Waals surface area contributed by atoms with Crippen molar-refractivity contribution in [3.05, 3.63) is 39.1 Å². The van der Waals surface area contributed by atoms with Gasteiger partial charge in [0, 0.05) is 17.6 Å². The zero-order valence-corrected chi connectivity index (χ0v) is 8.13. The van der Waals surface area contributed by atoms with Gasteiger partial charge < -0.3 is 14.7 Å². The smallest absolute Gasteiger partial charge is 0.304 e. The first kappa shape index (κ1) is 9.17. The monoisotopic (exact) mass is 211 g/mol. The Balaban J connectivity index is 1.81. The maximum Gasteiger partial charge on any atom is 0.304 e. The van der Waals surface area contributed by atoms with Crippen molar-refractivity contribution in [2.75, 3.05) is 0 Å². The van der Waals surface area contributed by atoms with E-state index in [1.54, 1.807) is 11.6 Å². The van der Waals surface area contributed by atoms with Crippen molar-refractivity contribution in [2.45, 2.75) is 13.1 Å². The fourth-order valence-corrected chi connectivity index (χ4v) is 1.63. The van der Waals surface area contributed by atoms with Crippen molar-refractivity contribution < 1.29 is 4.42 Å². The molecular formula is C8H9N3O2S. The first-order valence-electron chi connectivity index (χ1n) is 4.09. The van der Waals surface area contributed by atoms with Crippen molar-refractivity contribution in [3.63, 3.8) is 0 Å². The first-order valence-corrected chi connectivity index (χ1v) is 4.97. The summed E-state index contributed by atoms with van der Waals surface area (Å²) in [5.41, 5.74) is 0.888.